The lowest BCUT2D eigenvalue weighted by molar-refractivity contribution is -0.0493. The number of aryl methyl sites for hydroxylation is 1. The van der Waals surface area contributed by atoms with Gasteiger partial charge in [-0.3, -0.25) is 9.78 Å². The lowest BCUT2D eigenvalue weighted by Crippen LogP contribution is -2.15. The molecule has 29 heavy (non-hydrogen) atoms. The zero-order chi connectivity index (χ0) is 20.4. The number of hydrogen-bond donors (Lipinski definition) is 1. The number of carbonyl (C=O) groups excluding carboxylic acids is 1. The Morgan fingerprint density at radius 3 is 2.86 bits per heavy atom. The normalized spacial score (nSPS) is 12.4. The standard InChI is InChI=1S/C22H18F2N2O3/c1-13-3-2-4-19(29-22(23)24)20(13)26-21(27)17-10-16(11-25-12-17)14-5-6-18-15(9-14)7-8-28-18/h2-6,9-12,22H,7-8H2,1H3,(H,26,27). The van der Waals surface area contributed by atoms with E-state index in [1.807, 2.05) is 18.2 Å². The molecule has 1 amide bonds. The van der Waals surface area contributed by atoms with Crippen LogP contribution in [0, 0.1) is 6.92 Å². The van der Waals surface area contributed by atoms with Gasteiger partial charge >= 0.3 is 6.61 Å². The first-order chi connectivity index (χ1) is 14.0. The van der Waals surface area contributed by atoms with E-state index in [9.17, 15) is 13.6 Å². The molecule has 0 fully saturated rings. The molecule has 148 valence electrons. The molecule has 0 unspecified atom stereocenters. The minimum atomic E-state index is -2.98. The molecule has 1 N–H and O–H groups in total. The van der Waals surface area contributed by atoms with Crippen molar-refractivity contribution in [2.45, 2.75) is 20.0 Å². The van der Waals surface area contributed by atoms with Gasteiger partial charge in [-0.15, -0.1) is 0 Å². The molecule has 1 aliphatic rings. The average Bonchev–Trinajstić information content (AvgIpc) is 3.18. The van der Waals surface area contributed by atoms with Crippen LogP contribution in [0.4, 0.5) is 14.5 Å². The maximum atomic E-state index is 12.8. The van der Waals surface area contributed by atoms with Crippen LogP contribution in [0.2, 0.25) is 0 Å². The molecule has 2 heterocycles. The first-order valence-electron chi connectivity index (χ1n) is 9.08. The van der Waals surface area contributed by atoms with Gasteiger partial charge in [0.15, 0.2) is 0 Å². The van der Waals surface area contributed by atoms with Crippen LogP contribution in [0.3, 0.4) is 0 Å². The molecule has 2 aromatic carbocycles. The van der Waals surface area contributed by atoms with Gasteiger partial charge in [-0.2, -0.15) is 8.78 Å². The van der Waals surface area contributed by atoms with Crippen molar-refractivity contribution < 1.29 is 23.0 Å². The number of ether oxygens (including phenoxy) is 2. The minimum Gasteiger partial charge on any atom is -0.493 e. The maximum Gasteiger partial charge on any atom is 0.387 e. The van der Waals surface area contributed by atoms with Crippen LogP contribution in [0.15, 0.2) is 54.9 Å². The van der Waals surface area contributed by atoms with Gasteiger partial charge in [0.25, 0.3) is 5.91 Å². The van der Waals surface area contributed by atoms with E-state index < -0.39 is 12.5 Å². The second-order valence-corrected chi connectivity index (χ2v) is 6.66. The molecule has 7 heteroatoms. The summed E-state index contributed by atoms with van der Waals surface area (Å²) in [6.07, 6.45) is 3.95. The highest BCUT2D eigenvalue weighted by Gasteiger charge is 2.17. The van der Waals surface area contributed by atoms with Gasteiger partial charge in [0.1, 0.15) is 11.5 Å². The Kier molecular flexibility index (Phi) is 5.12. The van der Waals surface area contributed by atoms with Crippen LogP contribution in [0.1, 0.15) is 21.5 Å². The number of fused-ring (bicyclic) bond motifs is 1. The van der Waals surface area contributed by atoms with Crippen LogP contribution >= 0.6 is 0 Å². The molecule has 0 bridgehead atoms. The van der Waals surface area contributed by atoms with Gasteiger partial charge in [0.2, 0.25) is 0 Å². The summed E-state index contributed by atoms with van der Waals surface area (Å²) < 4.78 is 35.4. The van der Waals surface area contributed by atoms with E-state index >= 15 is 0 Å². The summed E-state index contributed by atoms with van der Waals surface area (Å²) in [6.45, 7) is -0.616. The first kappa shape index (κ1) is 18.9. The Labute approximate surface area is 166 Å². The molecule has 0 spiro atoms. The van der Waals surface area contributed by atoms with E-state index in [-0.39, 0.29) is 11.4 Å². The van der Waals surface area contributed by atoms with Crippen molar-refractivity contribution in [2.24, 2.45) is 0 Å². The van der Waals surface area contributed by atoms with Crippen molar-refractivity contribution in [3.63, 3.8) is 0 Å². The Bertz CT molecular complexity index is 1070. The van der Waals surface area contributed by atoms with Crippen LogP contribution in [0.25, 0.3) is 11.1 Å². The second-order valence-electron chi connectivity index (χ2n) is 6.66. The number of aromatic nitrogens is 1. The fourth-order valence-electron chi connectivity index (χ4n) is 3.27. The van der Waals surface area contributed by atoms with Gasteiger partial charge in [-0.1, -0.05) is 18.2 Å². The zero-order valence-electron chi connectivity index (χ0n) is 15.6. The second kappa shape index (κ2) is 7.87. The van der Waals surface area contributed by atoms with Gasteiger partial charge in [-0.25, -0.2) is 0 Å². The van der Waals surface area contributed by atoms with Crippen molar-refractivity contribution in [3.8, 4) is 22.6 Å². The molecular weight excluding hydrogens is 378 g/mol. The summed E-state index contributed by atoms with van der Waals surface area (Å²) in [5.41, 5.74) is 3.95. The Morgan fingerprint density at radius 2 is 2.03 bits per heavy atom. The quantitative estimate of drug-likeness (QED) is 0.670. The van der Waals surface area contributed by atoms with E-state index in [1.54, 1.807) is 31.3 Å². The van der Waals surface area contributed by atoms with Crippen LogP contribution in [-0.4, -0.2) is 24.1 Å². The summed E-state index contributed by atoms with van der Waals surface area (Å²) in [5.74, 6) is 0.329. The number of rotatable bonds is 5. The fraction of sp³-hybridized carbons (Fsp3) is 0.182. The van der Waals surface area contributed by atoms with Crippen molar-refractivity contribution >= 4 is 11.6 Å². The molecule has 1 aromatic heterocycles. The number of halogens is 2. The SMILES string of the molecule is Cc1cccc(OC(F)F)c1NC(=O)c1cncc(-c2ccc3c(c2)CCO3)c1. The predicted molar refractivity (Wildman–Crippen MR) is 105 cm³/mol. The third-order valence-corrected chi connectivity index (χ3v) is 4.71. The summed E-state index contributed by atoms with van der Waals surface area (Å²) in [6, 6.07) is 12.2. The molecule has 0 radical (unpaired) electrons. The fourth-order valence-corrected chi connectivity index (χ4v) is 3.27. The van der Waals surface area contributed by atoms with Gasteiger partial charge in [0, 0.05) is 24.4 Å². The predicted octanol–water partition coefficient (Wildman–Crippen LogP) is 4.85. The zero-order valence-corrected chi connectivity index (χ0v) is 15.6. The van der Waals surface area contributed by atoms with Crippen LogP contribution in [-0.2, 0) is 6.42 Å². The number of carbonyl (C=O) groups is 1. The molecule has 5 nitrogen and oxygen atoms in total. The van der Waals surface area contributed by atoms with E-state index in [0.29, 0.717) is 17.7 Å². The van der Waals surface area contributed by atoms with E-state index in [4.69, 9.17) is 4.74 Å². The van der Waals surface area contributed by atoms with Crippen molar-refractivity contribution in [1.82, 2.24) is 4.98 Å². The molecular formula is C22H18F2N2O3. The number of alkyl halides is 2. The average molecular weight is 396 g/mol. The third-order valence-electron chi connectivity index (χ3n) is 4.71. The monoisotopic (exact) mass is 396 g/mol. The Hall–Kier alpha value is -3.48. The van der Waals surface area contributed by atoms with Crippen LogP contribution in [0.5, 0.6) is 11.5 Å². The molecule has 0 aliphatic carbocycles. The maximum absolute atomic E-state index is 12.8. The summed E-state index contributed by atoms with van der Waals surface area (Å²) >= 11 is 0. The number of hydrogen-bond acceptors (Lipinski definition) is 4. The molecule has 4 rings (SSSR count). The van der Waals surface area contributed by atoms with Crippen molar-refractivity contribution in [3.05, 3.63) is 71.5 Å². The first-order valence-corrected chi connectivity index (χ1v) is 9.08. The number of nitrogens with one attached hydrogen (secondary N) is 1. The van der Waals surface area contributed by atoms with Gasteiger partial charge in [0.05, 0.1) is 17.9 Å². The number of amides is 1. The van der Waals surface area contributed by atoms with Gasteiger partial charge < -0.3 is 14.8 Å². The van der Waals surface area contributed by atoms with E-state index in [0.717, 1.165) is 28.9 Å². The topological polar surface area (TPSA) is 60.5 Å². The number of benzene rings is 2. The highest BCUT2D eigenvalue weighted by atomic mass is 19.3. The minimum absolute atomic E-state index is 0.0870. The van der Waals surface area contributed by atoms with E-state index in [1.165, 1.54) is 12.3 Å². The Morgan fingerprint density at radius 1 is 1.17 bits per heavy atom. The summed E-state index contributed by atoms with van der Waals surface area (Å²) in [7, 11) is 0. The van der Waals surface area contributed by atoms with E-state index in [2.05, 4.69) is 15.0 Å². The molecule has 1 aliphatic heterocycles. The number of pyridine rings is 1. The molecule has 3 aromatic rings. The third kappa shape index (κ3) is 4.03. The van der Waals surface area contributed by atoms with Crippen molar-refractivity contribution in [2.75, 3.05) is 11.9 Å². The summed E-state index contributed by atoms with van der Waals surface area (Å²) in [5, 5.41) is 2.66. The highest BCUT2D eigenvalue weighted by Crippen LogP contribution is 2.32. The lowest BCUT2D eigenvalue weighted by Gasteiger charge is -2.14. The highest BCUT2D eigenvalue weighted by molar-refractivity contribution is 6.05. The molecule has 0 saturated carbocycles. The number of nitrogens with zero attached hydrogens (tertiary/aromatic N) is 1. The lowest BCUT2D eigenvalue weighted by atomic mass is 10.0. The van der Waals surface area contributed by atoms with Crippen molar-refractivity contribution in [1.29, 1.82) is 0 Å². The number of anilines is 1. The van der Waals surface area contributed by atoms with Gasteiger partial charge in [-0.05, 0) is 47.9 Å². The summed E-state index contributed by atoms with van der Waals surface area (Å²) in [4.78, 5) is 16.9. The Balaban J connectivity index is 1.60. The molecule has 0 atom stereocenters. The number of para-hydroxylation sites is 1. The van der Waals surface area contributed by atoms with Crippen LogP contribution < -0.4 is 14.8 Å². The molecule has 0 saturated heterocycles. The largest absolute Gasteiger partial charge is 0.493 e. The smallest absolute Gasteiger partial charge is 0.387 e.